The number of nitrogens with one attached hydrogen (secondary N) is 2. The third-order valence-corrected chi connectivity index (χ3v) is 3.59. The van der Waals surface area contributed by atoms with Crippen molar-refractivity contribution in [1.29, 1.82) is 0 Å². The first-order valence-electron chi connectivity index (χ1n) is 6.18. The van der Waals surface area contributed by atoms with Crippen molar-refractivity contribution in [3.63, 3.8) is 0 Å². The van der Waals surface area contributed by atoms with Crippen LogP contribution in [-0.2, 0) is 12.8 Å². The Labute approximate surface area is 119 Å². The lowest BCUT2D eigenvalue weighted by atomic mass is 10.4. The van der Waals surface area contributed by atoms with Gasteiger partial charge in [-0.3, -0.25) is 9.78 Å². The van der Waals surface area contributed by atoms with Gasteiger partial charge in [-0.25, -0.2) is 15.0 Å². The van der Waals surface area contributed by atoms with Gasteiger partial charge >= 0.3 is 0 Å². The molecule has 0 amide bonds. The zero-order valence-corrected chi connectivity index (χ0v) is 12.0. The van der Waals surface area contributed by atoms with Gasteiger partial charge in [-0.1, -0.05) is 11.8 Å². The number of hydrogen-bond donors (Lipinski definition) is 2. The number of anilines is 1. The molecule has 0 aliphatic heterocycles. The average Bonchev–Trinajstić information content (AvgIpc) is 3.08. The van der Waals surface area contributed by atoms with Crippen LogP contribution in [0.2, 0.25) is 0 Å². The zero-order valence-electron chi connectivity index (χ0n) is 11.2. The molecule has 0 saturated heterocycles. The van der Waals surface area contributed by atoms with Crippen LogP contribution in [0, 0.1) is 0 Å². The van der Waals surface area contributed by atoms with Crippen LogP contribution in [-0.4, -0.2) is 41.5 Å². The van der Waals surface area contributed by atoms with Crippen molar-refractivity contribution < 1.29 is 0 Å². The van der Waals surface area contributed by atoms with E-state index in [1.807, 2.05) is 14.0 Å². The van der Waals surface area contributed by atoms with Crippen LogP contribution >= 0.6 is 11.8 Å². The van der Waals surface area contributed by atoms with Crippen molar-refractivity contribution in [2.24, 2.45) is 7.05 Å². The summed E-state index contributed by atoms with van der Waals surface area (Å²) < 4.78 is 1.75. The summed E-state index contributed by atoms with van der Waals surface area (Å²) in [5.74, 6) is 2.17. The van der Waals surface area contributed by atoms with Crippen LogP contribution in [0.1, 0.15) is 12.7 Å². The number of aromatic nitrogens is 7. The van der Waals surface area contributed by atoms with E-state index in [1.54, 1.807) is 10.9 Å². The first-order valence-corrected chi connectivity index (χ1v) is 7.17. The summed E-state index contributed by atoms with van der Waals surface area (Å²) in [6.07, 6.45) is 3.26. The maximum atomic E-state index is 4.54. The monoisotopic (exact) mass is 290 g/mol. The molecular weight excluding hydrogens is 276 g/mol. The highest BCUT2D eigenvalue weighted by Crippen LogP contribution is 2.22. The first kappa shape index (κ1) is 12.9. The lowest BCUT2D eigenvalue weighted by Gasteiger charge is -2.06. The van der Waals surface area contributed by atoms with Crippen molar-refractivity contribution in [2.75, 3.05) is 11.9 Å². The molecule has 9 heteroatoms. The third kappa shape index (κ3) is 2.44. The van der Waals surface area contributed by atoms with Crippen LogP contribution in [0.5, 0.6) is 0 Å². The lowest BCUT2D eigenvalue weighted by molar-refractivity contribution is 0.782. The van der Waals surface area contributed by atoms with E-state index in [-0.39, 0.29) is 0 Å². The van der Waals surface area contributed by atoms with Crippen molar-refractivity contribution in [1.82, 2.24) is 34.9 Å². The van der Waals surface area contributed by atoms with Crippen LogP contribution in [0.15, 0.2) is 17.7 Å². The Morgan fingerprint density at radius 1 is 1.40 bits per heavy atom. The molecule has 8 nitrogen and oxygen atoms in total. The molecule has 0 saturated carbocycles. The van der Waals surface area contributed by atoms with Gasteiger partial charge in [0, 0.05) is 13.6 Å². The summed E-state index contributed by atoms with van der Waals surface area (Å²) in [5.41, 5.74) is 0.823. The van der Waals surface area contributed by atoms with Gasteiger partial charge < -0.3 is 5.32 Å². The highest BCUT2D eigenvalue weighted by Gasteiger charge is 2.11. The minimum absolute atomic E-state index is 0.620. The summed E-state index contributed by atoms with van der Waals surface area (Å²) in [5, 5.41) is 15.8. The Morgan fingerprint density at radius 2 is 2.30 bits per heavy atom. The van der Waals surface area contributed by atoms with Crippen molar-refractivity contribution in [3.8, 4) is 0 Å². The molecule has 20 heavy (non-hydrogen) atoms. The minimum Gasteiger partial charge on any atom is -0.370 e. The van der Waals surface area contributed by atoms with Gasteiger partial charge in [0.05, 0.1) is 17.3 Å². The molecule has 0 fully saturated rings. The maximum Gasteiger partial charge on any atom is 0.183 e. The number of hydrogen-bond acceptors (Lipinski definition) is 7. The normalized spacial score (nSPS) is 11.1. The maximum absolute atomic E-state index is 4.54. The van der Waals surface area contributed by atoms with E-state index in [9.17, 15) is 0 Å². The molecule has 0 aromatic carbocycles. The van der Waals surface area contributed by atoms with Crippen LogP contribution in [0.4, 0.5) is 5.82 Å². The minimum atomic E-state index is 0.620. The Bertz CT molecular complexity index is 705. The van der Waals surface area contributed by atoms with E-state index in [4.69, 9.17) is 0 Å². The third-order valence-electron chi connectivity index (χ3n) is 2.71. The number of rotatable bonds is 5. The fraction of sp³-hybridized carbons (Fsp3) is 0.364. The molecule has 0 atom stereocenters. The van der Waals surface area contributed by atoms with Gasteiger partial charge in [-0.05, 0) is 6.92 Å². The number of thioether (sulfide) groups is 1. The highest BCUT2D eigenvalue weighted by atomic mass is 32.2. The van der Waals surface area contributed by atoms with Crippen molar-refractivity contribution >= 4 is 28.6 Å². The molecule has 3 aromatic heterocycles. The molecule has 0 radical (unpaired) electrons. The van der Waals surface area contributed by atoms with Gasteiger partial charge in [0.1, 0.15) is 18.0 Å². The van der Waals surface area contributed by atoms with E-state index in [2.05, 4.69) is 35.6 Å². The van der Waals surface area contributed by atoms with Crippen LogP contribution in [0.25, 0.3) is 11.0 Å². The molecule has 2 N–H and O–H groups in total. The van der Waals surface area contributed by atoms with Gasteiger partial charge in [0.15, 0.2) is 10.8 Å². The van der Waals surface area contributed by atoms with Crippen molar-refractivity contribution in [3.05, 3.63) is 18.3 Å². The summed E-state index contributed by atoms with van der Waals surface area (Å²) in [7, 11) is 1.87. The van der Waals surface area contributed by atoms with E-state index >= 15 is 0 Å². The van der Waals surface area contributed by atoms with E-state index in [0.717, 1.165) is 34.4 Å². The number of nitrogens with zero attached hydrogens (tertiary/aromatic N) is 6. The van der Waals surface area contributed by atoms with Gasteiger partial charge in [0.25, 0.3) is 0 Å². The second-order valence-electron chi connectivity index (χ2n) is 4.10. The Morgan fingerprint density at radius 3 is 3.05 bits per heavy atom. The Kier molecular flexibility index (Phi) is 3.50. The van der Waals surface area contributed by atoms with E-state index < -0.39 is 0 Å². The molecule has 3 rings (SSSR count). The molecule has 0 bridgehead atoms. The topological polar surface area (TPSA) is 97.2 Å². The lowest BCUT2D eigenvalue weighted by Crippen LogP contribution is -2.05. The number of aromatic amines is 1. The fourth-order valence-corrected chi connectivity index (χ4v) is 2.46. The highest BCUT2D eigenvalue weighted by molar-refractivity contribution is 7.98. The summed E-state index contributed by atoms with van der Waals surface area (Å²) in [4.78, 5) is 13.2. The molecular formula is C11H14N8S. The predicted octanol–water partition coefficient (Wildman–Crippen LogP) is 1.21. The molecule has 0 aliphatic rings. The Hall–Kier alpha value is -2.16. The predicted molar refractivity (Wildman–Crippen MR) is 76.4 cm³/mol. The van der Waals surface area contributed by atoms with E-state index in [1.165, 1.54) is 18.1 Å². The van der Waals surface area contributed by atoms with Crippen molar-refractivity contribution in [2.45, 2.75) is 17.8 Å². The SMILES string of the molecule is CCNc1nc(CSc2ncn[nH]2)nc2c1cnn2C. The standard InChI is InChI=1S/C11H14N8S/c1-3-12-9-7-4-15-19(2)10(7)17-8(16-9)5-20-11-13-6-14-18-11/h4,6H,3,5H2,1-2H3,(H,12,16,17)(H,13,14,18). The van der Waals surface area contributed by atoms with Gasteiger partial charge in [-0.15, -0.1) is 0 Å². The quantitative estimate of drug-likeness (QED) is 0.681. The smallest absolute Gasteiger partial charge is 0.183 e. The van der Waals surface area contributed by atoms with Crippen LogP contribution in [0.3, 0.4) is 0 Å². The molecule has 0 aliphatic carbocycles. The van der Waals surface area contributed by atoms with E-state index in [0.29, 0.717) is 5.75 Å². The van der Waals surface area contributed by atoms with Gasteiger partial charge in [0.2, 0.25) is 0 Å². The first-order chi connectivity index (χ1) is 9.78. The molecule has 3 aromatic rings. The fourth-order valence-electron chi connectivity index (χ4n) is 1.83. The molecule has 104 valence electrons. The second-order valence-corrected chi connectivity index (χ2v) is 5.07. The number of fused-ring (bicyclic) bond motifs is 1. The number of H-pyrrole nitrogens is 1. The second kappa shape index (κ2) is 5.45. The summed E-state index contributed by atoms with van der Waals surface area (Å²) >= 11 is 1.51. The molecule has 3 heterocycles. The summed E-state index contributed by atoms with van der Waals surface area (Å²) in [6.45, 7) is 2.84. The van der Waals surface area contributed by atoms with Crippen LogP contribution < -0.4 is 5.32 Å². The largest absolute Gasteiger partial charge is 0.370 e. The zero-order chi connectivity index (χ0) is 13.9. The molecule has 0 unspecified atom stereocenters. The molecule has 0 spiro atoms. The summed E-state index contributed by atoms with van der Waals surface area (Å²) in [6, 6.07) is 0. The van der Waals surface area contributed by atoms with Gasteiger partial charge in [-0.2, -0.15) is 10.2 Å². The average molecular weight is 290 g/mol. The number of aryl methyl sites for hydroxylation is 1. The Balaban J connectivity index is 1.91.